The molecule has 0 saturated heterocycles. The number of methoxy groups -OCH3 is 1. The van der Waals surface area contributed by atoms with Crippen molar-refractivity contribution in [3.63, 3.8) is 0 Å². The van der Waals surface area contributed by atoms with Gasteiger partial charge in [-0.05, 0) is 104 Å². The number of aromatic amines is 1. The molecule has 4 aromatic heterocycles. The molecule has 4 aromatic rings. The van der Waals surface area contributed by atoms with Crippen LogP contribution in [0.4, 0.5) is 0 Å². The number of hydrogen-bond acceptors (Lipinski definition) is 10. The summed E-state index contributed by atoms with van der Waals surface area (Å²) in [6.07, 6.45) is 4.77. The van der Waals surface area contributed by atoms with Crippen LogP contribution in [-0.2, 0) is 9.53 Å². The van der Waals surface area contributed by atoms with Gasteiger partial charge in [-0.25, -0.2) is 20.8 Å². The van der Waals surface area contributed by atoms with E-state index in [-0.39, 0.29) is 24.9 Å². The van der Waals surface area contributed by atoms with Gasteiger partial charge in [-0.3, -0.25) is 24.7 Å². The molecule has 0 aromatic carbocycles. The highest BCUT2D eigenvalue weighted by Crippen LogP contribution is 2.17. The van der Waals surface area contributed by atoms with E-state index in [4.69, 9.17) is 11.1 Å². The Balaban J connectivity index is 0. The number of nitrogens with zero attached hydrogens (tertiary/aromatic N) is 4. The number of nitrogens with one attached hydrogen (secondary N) is 3. The molecule has 214 valence electrons. The number of hydrogen-bond donors (Lipinski definition) is 3. The minimum atomic E-state index is -0.419. The summed E-state index contributed by atoms with van der Waals surface area (Å²) < 4.78 is 7.08. The van der Waals surface area contributed by atoms with Crippen LogP contribution in [0.15, 0.2) is 74.5 Å². The van der Waals surface area contributed by atoms with E-state index in [2.05, 4.69) is 77.7 Å². The molecule has 40 heavy (non-hydrogen) atoms. The number of carbonyl (C=O) groups is 3. The Bertz CT molecular complexity index is 1360. The smallest absolute Gasteiger partial charge is 0.356 e. The summed E-state index contributed by atoms with van der Waals surface area (Å²) in [5.41, 5.74) is 13.5. The fourth-order valence-corrected chi connectivity index (χ4v) is 3.24. The summed E-state index contributed by atoms with van der Waals surface area (Å²) in [6.45, 7) is 3.35. The van der Waals surface area contributed by atoms with Crippen LogP contribution in [0.3, 0.4) is 0 Å². The van der Waals surface area contributed by atoms with Crippen molar-refractivity contribution in [2.45, 2.75) is 20.3 Å². The Hall–Kier alpha value is -3.53. The number of ether oxygens (including phenoxy) is 1. The second kappa shape index (κ2) is 19.5. The zero-order valence-electron chi connectivity index (χ0n) is 21.5. The van der Waals surface area contributed by atoms with Crippen molar-refractivity contribution in [1.82, 2.24) is 25.1 Å². The first-order valence-corrected chi connectivity index (χ1v) is 13.2. The first kappa shape index (κ1) is 36.5. The van der Waals surface area contributed by atoms with E-state index < -0.39 is 5.97 Å². The molecule has 0 spiro atoms. The Morgan fingerprint density at radius 3 is 1.73 bits per heavy atom. The van der Waals surface area contributed by atoms with E-state index in [0.717, 1.165) is 30.5 Å². The zero-order valence-corrected chi connectivity index (χ0v) is 26.3. The summed E-state index contributed by atoms with van der Waals surface area (Å²) in [7, 11) is 1.33. The van der Waals surface area contributed by atoms with Gasteiger partial charge in [0, 0.05) is 39.1 Å². The SMILES string of the molecule is CC(=O)CC(=O)c1ccc(Br)cn1.COC(=O)c1ccc(Br)cn1.Cc1cc(-c2ccc(Br)cn2)n[nH]1.N=N.O.[HH]. The lowest BCUT2D eigenvalue weighted by atomic mass is 10.1. The molecule has 0 aliphatic carbocycles. The van der Waals surface area contributed by atoms with Crippen LogP contribution in [0, 0.1) is 18.0 Å². The van der Waals surface area contributed by atoms with E-state index in [9.17, 15) is 14.4 Å². The molecule has 5 N–H and O–H groups in total. The van der Waals surface area contributed by atoms with E-state index in [1.165, 1.54) is 20.2 Å². The number of carbonyl (C=O) groups excluding carboxylic acids is 3. The number of aromatic nitrogens is 5. The van der Waals surface area contributed by atoms with Gasteiger partial charge < -0.3 is 10.2 Å². The fourth-order valence-electron chi connectivity index (χ4n) is 2.54. The molecule has 0 radical (unpaired) electrons. The molecule has 15 heteroatoms. The van der Waals surface area contributed by atoms with E-state index in [1.54, 1.807) is 36.7 Å². The van der Waals surface area contributed by atoms with Crippen molar-refractivity contribution in [1.29, 1.82) is 11.1 Å². The topological polar surface area (TPSA) is 207 Å². The third-order valence-electron chi connectivity index (χ3n) is 4.24. The number of H-pyrrole nitrogens is 1. The molecule has 4 rings (SSSR count). The fraction of sp³-hybridized carbons (Fsp3) is 0.160. The Kier molecular flexibility index (Phi) is 17.8. The molecule has 0 amide bonds. The predicted molar refractivity (Wildman–Crippen MR) is 160 cm³/mol. The molecule has 0 fully saturated rings. The minimum absolute atomic E-state index is 0. The monoisotopic (exact) mass is 743 g/mol. The van der Waals surface area contributed by atoms with Crippen LogP contribution < -0.4 is 0 Å². The largest absolute Gasteiger partial charge is 0.464 e. The maximum atomic E-state index is 11.3. The summed E-state index contributed by atoms with van der Waals surface area (Å²) in [5, 5.41) is 6.99. The van der Waals surface area contributed by atoms with Crippen molar-refractivity contribution < 1.29 is 26.0 Å². The first-order valence-electron chi connectivity index (χ1n) is 10.8. The van der Waals surface area contributed by atoms with Crippen LogP contribution >= 0.6 is 47.8 Å². The number of esters is 1. The van der Waals surface area contributed by atoms with Crippen LogP contribution in [0.1, 0.15) is 41.4 Å². The number of rotatable bonds is 5. The van der Waals surface area contributed by atoms with Gasteiger partial charge in [0.05, 0.1) is 19.2 Å². The van der Waals surface area contributed by atoms with E-state index in [0.29, 0.717) is 11.4 Å². The van der Waals surface area contributed by atoms with Crippen molar-refractivity contribution in [2.75, 3.05) is 7.11 Å². The normalized spacial score (nSPS) is 9.15. The van der Waals surface area contributed by atoms with Gasteiger partial charge >= 0.3 is 5.97 Å². The van der Waals surface area contributed by atoms with Crippen molar-refractivity contribution in [3.8, 4) is 11.4 Å². The van der Waals surface area contributed by atoms with Crippen molar-refractivity contribution in [2.24, 2.45) is 0 Å². The molecular formula is C25H28Br3N7O5. The molecule has 0 atom stereocenters. The van der Waals surface area contributed by atoms with Gasteiger partial charge in [-0.2, -0.15) is 5.10 Å². The molecule has 0 bridgehead atoms. The first-order chi connectivity index (χ1) is 18.6. The Morgan fingerprint density at radius 1 is 0.850 bits per heavy atom. The number of halogens is 3. The average molecular weight is 746 g/mol. The van der Waals surface area contributed by atoms with Crippen molar-refractivity contribution >= 4 is 65.3 Å². The molecule has 0 aliphatic heterocycles. The second-order valence-electron chi connectivity index (χ2n) is 7.31. The second-order valence-corrected chi connectivity index (χ2v) is 10.1. The van der Waals surface area contributed by atoms with E-state index >= 15 is 0 Å². The molecule has 0 unspecified atom stereocenters. The maximum absolute atomic E-state index is 11.3. The summed E-state index contributed by atoms with van der Waals surface area (Å²) >= 11 is 9.74. The average Bonchev–Trinajstić information content (AvgIpc) is 3.37. The number of Topliss-reactive ketones (excluding diaryl/α,β-unsaturated/α-hetero) is 2. The molecule has 12 nitrogen and oxygen atoms in total. The summed E-state index contributed by atoms with van der Waals surface area (Å²) in [5.74, 6) is -0.799. The third-order valence-corrected chi connectivity index (χ3v) is 5.65. The van der Waals surface area contributed by atoms with Crippen LogP contribution in [0.2, 0.25) is 0 Å². The van der Waals surface area contributed by atoms with Gasteiger partial charge in [0.2, 0.25) is 0 Å². The van der Waals surface area contributed by atoms with Crippen molar-refractivity contribution in [3.05, 3.63) is 91.6 Å². The highest BCUT2D eigenvalue weighted by Gasteiger charge is 2.09. The quantitative estimate of drug-likeness (QED) is 0.0926. The lowest BCUT2D eigenvalue weighted by molar-refractivity contribution is -0.116. The Labute approximate surface area is 256 Å². The lowest BCUT2D eigenvalue weighted by Gasteiger charge is -1.96. The molecule has 0 aliphatic rings. The lowest BCUT2D eigenvalue weighted by Crippen LogP contribution is -2.06. The van der Waals surface area contributed by atoms with Gasteiger partial charge in [0.1, 0.15) is 22.9 Å². The van der Waals surface area contributed by atoms with Gasteiger partial charge in [-0.1, -0.05) is 0 Å². The molecule has 4 heterocycles. The standard InChI is InChI=1S/C9H8BrN3.C9H8BrNO2.C7H6BrNO2.H2N2.H2O.H2/c1-6-4-9(13-12-6)8-3-2-7(10)5-11-8;1-6(12)4-9(13)8-3-2-7(10)5-11-8;1-11-7(10)6-3-2-5(8)4-9-6;1-2;;/h2-5H,1H3,(H,12,13);2-3,5H,4H2,1H3;2-4H,1H3;1-2H;1H2;1H. The summed E-state index contributed by atoms with van der Waals surface area (Å²) in [4.78, 5) is 44.7. The zero-order chi connectivity index (χ0) is 29.4. The third kappa shape index (κ3) is 13.5. The van der Waals surface area contributed by atoms with Gasteiger partial charge in [0.25, 0.3) is 0 Å². The number of ketones is 2. The molecule has 0 saturated carbocycles. The van der Waals surface area contributed by atoms with Crippen LogP contribution in [0.5, 0.6) is 0 Å². The van der Waals surface area contributed by atoms with E-state index in [1.807, 2.05) is 25.1 Å². The summed E-state index contributed by atoms with van der Waals surface area (Å²) in [6, 6.07) is 12.5. The Morgan fingerprint density at radius 2 is 1.35 bits per heavy atom. The highest BCUT2D eigenvalue weighted by molar-refractivity contribution is 9.11. The van der Waals surface area contributed by atoms with Crippen LogP contribution in [-0.4, -0.2) is 55.3 Å². The highest BCUT2D eigenvalue weighted by atomic mass is 79.9. The number of pyridine rings is 3. The van der Waals surface area contributed by atoms with Gasteiger partial charge in [0.15, 0.2) is 5.78 Å². The van der Waals surface area contributed by atoms with Crippen LogP contribution in [0.25, 0.3) is 11.4 Å². The molecular weight excluding hydrogens is 718 g/mol. The number of aryl methyl sites for hydroxylation is 1. The van der Waals surface area contributed by atoms with Gasteiger partial charge in [-0.15, -0.1) is 0 Å². The maximum Gasteiger partial charge on any atom is 0.356 e. The predicted octanol–water partition coefficient (Wildman–Crippen LogP) is 6.20. The minimum Gasteiger partial charge on any atom is -0.464 e.